The van der Waals surface area contributed by atoms with Crippen molar-refractivity contribution in [3.05, 3.63) is 63.1 Å². The molecular formula is C16H14BrCl3N2. The van der Waals surface area contributed by atoms with Crippen molar-refractivity contribution in [1.82, 2.24) is 0 Å². The summed E-state index contributed by atoms with van der Waals surface area (Å²) in [6, 6.07) is 14.0. The van der Waals surface area contributed by atoms with Crippen molar-refractivity contribution < 1.29 is 0 Å². The summed E-state index contributed by atoms with van der Waals surface area (Å²) in [6.45, 7) is 0.621. The number of hydrogen-bond donors (Lipinski definition) is 1. The second-order valence-electron chi connectivity index (χ2n) is 4.85. The first-order valence-corrected chi connectivity index (χ1v) is 8.31. The molecule has 22 heavy (non-hydrogen) atoms. The maximum Gasteiger partial charge on any atom is 0.0755 e. The van der Waals surface area contributed by atoms with Crippen molar-refractivity contribution in [3.63, 3.8) is 0 Å². The normalized spacial score (nSPS) is 16.7. The summed E-state index contributed by atoms with van der Waals surface area (Å²) in [5.41, 5.74) is 3.90. The molecule has 2 aromatic rings. The van der Waals surface area contributed by atoms with Gasteiger partial charge in [-0.25, -0.2) is 0 Å². The molecule has 0 saturated heterocycles. The second kappa shape index (κ2) is 7.69. The number of alkyl halides is 1. The number of hydrogen-bond acceptors (Lipinski definition) is 2. The Morgan fingerprint density at radius 3 is 2.68 bits per heavy atom. The first-order chi connectivity index (χ1) is 10.2. The lowest BCUT2D eigenvalue weighted by Crippen LogP contribution is -2.23. The number of benzene rings is 2. The van der Waals surface area contributed by atoms with Crippen LogP contribution in [-0.2, 0) is 0 Å². The van der Waals surface area contributed by atoms with Crippen molar-refractivity contribution in [2.75, 3.05) is 17.7 Å². The minimum absolute atomic E-state index is 0. The molecule has 3 rings (SSSR count). The zero-order chi connectivity index (χ0) is 14.8. The number of nitrogens with one attached hydrogen (secondary N) is 1. The molecule has 0 aliphatic carbocycles. The van der Waals surface area contributed by atoms with E-state index in [1.54, 1.807) is 0 Å². The van der Waals surface area contributed by atoms with Crippen LogP contribution in [0.1, 0.15) is 11.1 Å². The van der Waals surface area contributed by atoms with Crippen LogP contribution in [0.3, 0.4) is 0 Å². The average molecular weight is 421 g/mol. The third-order valence-corrected chi connectivity index (χ3v) is 4.58. The van der Waals surface area contributed by atoms with Crippen LogP contribution in [0.5, 0.6) is 0 Å². The van der Waals surface area contributed by atoms with E-state index >= 15 is 0 Å². The minimum atomic E-state index is 0. The Labute approximate surface area is 154 Å². The Morgan fingerprint density at radius 1 is 1.18 bits per heavy atom. The van der Waals surface area contributed by atoms with Gasteiger partial charge in [-0.1, -0.05) is 45.7 Å². The number of aliphatic imine (C=N–C) groups is 1. The fourth-order valence-corrected chi connectivity index (χ4v) is 3.12. The monoisotopic (exact) mass is 418 g/mol. The minimum Gasteiger partial charge on any atom is -0.379 e. The van der Waals surface area contributed by atoms with Crippen molar-refractivity contribution in [1.29, 1.82) is 0 Å². The number of halogens is 4. The molecule has 0 saturated carbocycles. The molecule has 1 aliphatic heterocycles. The van der Waals surface area contributed by atoms with Crippen LogP contribution >= 0.6 is 51.5 Å². The number of rotatable bonds is 2. The van der Waals surface area contributed by atoms with E-state index in [9.17, 15) is 0 Å². The molecule has 0 radical (unpaired) electrons. The molecule has 1 atom stereocenters. The molecule has 0 aromatic heterocycles. The van der Waals surface area contributed by atoms with E-state index in [2.05, 4.69) is 27.3 Å². The van der Waals surface area contributed by atoms with E-state index in [4.69, 9.17) is 28.2 Å². The highest BCUT2D eigenvalue weighted by molar-refractivity contribution is 9.10. The highest BCUT2D eigenvalue weighted by atomic mass is 79.9. The summed E-state index contributed by atoms with van der Waals surface area (Å²) in [5.74, 6) is 0.509. The van der Waals surface area contributed by atoms with E-state index in [-0.39, 0.29) is 18.4 Å². The second-order valence-corrected chi connectivity index (χ2v) is 6.49. The van der Waals surface area contributed by atoms with Gasteiger partial charge >= 0.3 is 0 Å². The smallest absolute Gasteiger partial charge is 0.0755 e. The van der Waals surface area contributed by atoms with Crippen LogP contribution in [0.25, 0.3) is 0 Å². The average Bonchev–Trinajstić information content (AvgIpc) is 2.67. The molecular weight excluding hydrogens is 406 g/mol. The highest BCUT2D eigenvalue weighted by Gasteiger charge is 2.20. The summed E-state index contributed by atoms with van der Waals surface area (Å²) < 4.78 is 1.01. The van der Waals surface area contributed by atoms with Crippen molar-refractivity contribution in [2.45, 2.75) is 6.04 Å². The first kappa shape index (κ1) is 17.6. The molecule has 0 amide bonds. The van der Waals surface area contributed by atoms with Gasteiger partial charge in [0.2, 0.25) is 0 Å². The summed E-state index contributed by atoms with van der Waals surface area (Å²) in [7, 11) is 0. The van der Waals surface area contributed by atoms with Gasteiger partial charge in [-0.3, -0.25) is 4.99 Å². The van der Waals surface area contributed by atoms with Crippen LogP contribution in [0.4, 0.5) is 5.69 Å². The van der Waals surface area contributed by atoms with E-state index in [1.807, 2.05) is 36.4 Å². The SMILES string of the molecule is Cl.ClCC1CN=C(c2ccccc2Cl)c2cc(Br)ccc2N1. The molecule has 1 unspecified atom stereocenters. The van der Waals surface area contributed by atoms with Gasteiger partial charge in [0.15, 0.2) is 0 Å². The maximum absolute atomic E-state index is 6.35. The van der Waals surface area contributed by atoms with Crippen LogP contribution in [-0.4, -0.2) is 24.2 Å². The van der Waals surface area contributed by atoms with Gasteiger partial charge in [0.25, 0.3) is 0 Å². The Kier molecular flexibility index (Phi) is 6.16. The highest BCUT2D eigenvalue weighted by Crippen LogP contribution is 2.29. The zero-order valence-corrected chi connectivity index (χ0v) is 15.4. The summed E-state index contributed by atoms with van der Waals surface area (Å²) >= 11 is 15.9. The molecule has 116 valence electrons. The summed E-state index contributed by atoms with van der Waals surface area (Å²) in [4.78, 5) is 4.75. The quantitative estimate of drug-likeness (QED) is 0.647. The Bertz CT molecular complexity index is 704. The molecule has 2 aromatic carbocycles. The molecule has 1 heterocycles. The maximum atomic E-state index is 6.35. The Balaban J connectivity index is 0.00000176. The number of nitrogens with zero attached hydrogens (tertiary/aromatic N) is 1. The van der Waals surface area contributed by atoms with Crippen LogP contribution in [0, 0.1) is 0 Å². The van der Waals surface area contributed by atoms with Gasteiger partial charge in [0.05, 0.1) is 18.3 Å². The Hall–Kier alpha value is -0.740. The number of benzodiazepines with no additional fused rings is 1. The first-order valence-electron chi connectivity index (χ1n) is 6.61. The van der Waals surface area contributed by atoms with Gasteiger partial charge in [-0.15, -0.1) is 24.0 Å². The molecule has 0 spiro atoms. The van der Waals surface area contributed by atoms with Crippen molar-refractivity contribution in [3.8, 4) is 0 Å². The van der Waals surface area contributed by atoms with E-state index in [0.717, 1.165) is 27.0 Å². The number of anilines is 1. The largest absolute Gasteiger partial charge is 0.379 e. The standard InChI is InChI=1S/C16H13BrCl2N2.ClH/c17-10-5-6-15-13(7-10)16(20-9-11(8-18)21-15)12-3-1-2-4-14(12)19;/h1-7,11,21H,8-9H2;1H. The fourth-order valence-electron chi connectivity index (χ4n) is 2.36. The molecule has 2 nitrogen and oxygen atoms in total. The predicted octanol–water partition coefficient (Wildman–Crippen LogP) is 5.39. The van der Waals surface area contributed by atoms with Gasteiger partial charge in [-0.05, 0) is 24.3 Å². The summed E-state index contributed by atoms with van der Waals surface area (Å²) in [5, 5.41) is 4.15. The molecule has 1 N–H and O–H groups in total. The topological polar surface area (TPSA) is 24.4 Å². The molecule has 6 heteroatoms. The lowest BCUT2D eigenvalue weighted by atomic mass is 10.0. The van der Waals surface area contributed by atoms with Crippen molar-refractivity contribution in [2.24, 2.45) is 4.99 Å². The third kappa shape index (κ3) is 3.60. The molecule has 1 aliphatic rings. The fraction of sp³-hybridized carbons (Fsp3) is 0.188. The van der Waals surface area contributed by atoms with Gasteiger partial charge in [-0.2, -0.15) is 0 Å². The zero-order valence-electron chi connectivity index (χ0n) is 11.5. The van der Waals surface area contributed by atoms with E-state index < -0.39 is 0 Å². The molecule has 0 fully saturated rings. The van der Waals surface area contributed by atoms with Crippen LogP contribution in [0.2, 0.25) is 5.02 Å². The number of fused-ring (bicyclic) bond motifs is 1. The van der Waals surface area contributed by atoms with Crippen LogP contribution < -0.4 is 5.32 Å². The predicted molar refractivity (Wildman–Crippen MR) is 101 cm³/mol. The van der Waals surface area contributed by atoms with Gasteiger partial charge < -0.3 is 5.32 Å². The lowest BCUT2D eigenvalue weighted by Gasteiger charge is -2.15. The van der Waals surface area contributed by atoms with E-state index in [0.29, 0.717) is 17.4 Å². The van der Waals surface area contributed by atoms with Gasteiger partial charge in [0, 0.05) is 32.2 Å². The molecule has 0 bridgehead atoms. The Morgan fingerprint density at radius 2 is 1.95 bits per heavy atom. The van der Waals surface area contributed by atoms with Gasteiger partial charge in [0.1, 0.15) is 0 Å². The lowest BCUT2D eigenvalue weighted by molar-refractivity contribution is 0.818. The van der Waals surface area contributed by atoms with Crippen LogP contribution in [0.15, 0.2) is 51.9 Å². The third-order valence-electron chi connectivity index (χ3n) is 3.38. The summed E-state index contributed by atoms with van der Waals surface area (Å²) in [6.07, 6.45) is 0. The van der Waals surface area contributed by atoms with Crippen molar-refractivity contribution >= 4 is 62.9 Å². The van der Waals surface area contributed by atoms with E-state index in [1.165, 1.54) is 0 Å².